The molecule has 0 unspecified atom stereocenters. The number of hydrogen-bond donors (Lipinski definition) is 1. The first kappa shape index (κ1) is 15.5. The Morgan fingerprint density at radius 2 is 2.19 bits per heavy atom. The first-order valence-corrected chi connectivity index (χ1v) is 6.81. The summed E-state index contributed by atoms with van der Waals surface area (Å²) in [5, 5.41) is 4.15. The molecule has 7 heteroatoms. The molecule has 1 aromatic heterocycles. The number of nitrogens with two attached hydrogens (primary N) is 1. The lowest BCUT2D eigenvalue weighted by Crippen LogP contribution is -2.29. The minimum atomic E-state index is -0.512. The Bertz CT molecular complexity index is 689. The van der Waals surface area contributed by atoms with E-state index in [1.54, 1.807) is 12.3 Å². The van der Waals surface area contributed by atoms with Gasteiger partial charge >= 0.3 is 0 Å². The van der Waals surface area contributed by atoms with Gasteiger partial charge in [-0.3, -0.25) is 4.79 Å². The quantitative estimate of drug-likeness (QED) is 0.908. The molecule has 0 aliphatic heterocycles. The summed E-state index contributed by atoms with van der Waals surface area (Å²) < 4.78 is 14.6. The number of halogens is 2. The lowest BCUT2D eigenvalue weighted by Gasteiger charge is -2.17. The Kier molecular flexibility index (Phi) is 4.93. The summed E-state index contributed by atoms with van der Waals surface area (Å²) in [4.78, 5) is 13.9. The number of rotatable bonds is 5. The van der Waals surface area contributed by atoms with E-state index in [0.29, 0.717) is 24.3 Å². The highest BCUT2D eigenvalue weighted by Crippen LogP contribution is 2.16. The van der Waals surface area contributed by atoms with Crippen LogP contribution in [-0.4, -0.2) is 29.9 Å². The van der Waals surface area contributed by atoms with Gasteiger partial charge in [-0.05, 0) is 17.7 Å². The zero-order valence-corrected chi connectivity index (χ0v) is 12.3. The highest BCUT2D eigenvalue weighted by molar-refractivity contribution is 6.30. The van der Waals surface area contributed by atoms with Crippen molar-refractivity contribution in [3.05, 3.63) is 57.2 Å². The van der Waals surface area contributed by atoms with Crippen LogP contribution >= 0.6 is 11.6 Å². The molecule has 2 aromatic rings. The molecule has 0 bridgehead atoms. The zero-order valence-electron chi connectivity index (χ0n) is 11.6. The Morgan fingerprint density at radius 3 is 2.81 bits per heavy atom. The molecule has 1 aromatic carbocycles. The normalized spacial score (nSPS) is 10.7. The first-order chi connectivity index (χ1) is 10.0. The molecule has 0 saturated carbocycles. The van der Waals surface area contributed by atoms with Gasteiger partial charge < -0.3 is 10.6 Å². The summed E-state index contributed by atoms with van der Waals surface area (Å²) in [5.74, 6) is -0.512. The van der Waals surface area contributed by atoms with Crippen LogP contribution in [-0.2, 0) is 6.54 Å². The van der Waals surface area contributed by atoms with Crippen molar-refractivity contribution in [2.75, 3.05) is 25.0 Å². The molecule has 0 aliphatic carbocycles. The van der Waals surface area contributed by atoms with Crippen molar-refractivity contribution in [1.29, 1.82) is 0 Å². The van der Waals surface area contributed by atoms with Crippen LogP contribution in [0, 0.1) is 5.82 Å². The van der Waals surface area contributed by atoms with Crippen molar-refractivity contribution in [1.82, 2.24) is 9.78 Å². The predicted octanol–water partition coefficient (Wildman–Crippen LogP) is 1.48. The molecule has 1 heterocycles. The van der Waals surface area contributed by atoms with Gasteiger partial charge in [0.25, 0.3) is 5.56 Å². The van der Waals surface area contributed by atoms with Gasteiger partial charge in [-0.1, -0.05) is 17.7 Å². The number of nitrogens with zero attached hydrogens (tertiary/aromatic N) is 3. The van der Waals surface area contributed by atoms with E-state index < -0.39 is 5.82 Å². The molecule has 0 spiro atoms. The van der Waals surface area contributed by atoms with Crippen LogP contribution in [0.25, 0.3) is 0 Å². The molecule has 0 atom stereocenters. The van der Waals surface area contributed by atoms with Crippen LogP contribution in [0.1, 0.15) is 5.56 Å². The maximum Gasteiger partial charge on any atom is 0.269 e. The predicted molar refractivity (Wildman–Crippen MR) is 81.3 cm³/mol. The summed E-state index contributed by atoms with van der Waals surface area (Å²) in [6, 6.07) is 5.90. The summed E-state index contributed by atoms with van der Waals surface area (Å²) in [6.45, 7) is 1.31. The lowest BCUT2D eigenvalue weighted by atomic mass is 10.2. The number of likely N-dealkylation sites (N-methyl/N-ethyl adjacent to an activating group) is 1. The molecular formula is C14H16ClFN4O. The van der Waals surface area contributed by atoms with E-state index in [1.165, 1.54) is 22.9 Å². The molecular weight excluding hydrogens is 295 g/mol. The third-order valence-corrected chi connectivity index (χ3v) is 3.38. The van der Waals surface area contributed by atoms with Gasteiger partial charge in [-0.2, -0.15) is 5.10 Å². The number of hydrogen-bond acceptors (Lipinski definition) is 4. The van der Waals surface area contributed by atoms with E-state index >= 15 is 0 Å². The van der Waals surface area contributed by atoms with Crippen LogP contribution in [0.5, 0.6) is 0 Å². The Hall–Kier alpha value is -1.92. The standard InChI is InChI=1S/C14H16ClFN4O/c1-19(5-4-17)11-7-14(21)20(18-8-11)9-10-2-3-12(15)13(16)6-10/h2-3,6-8H,4-5,9,17H2,1H3. The van der Waals surface area contributed by atoms with Crippen molar-refractivity contribution in [3.63, 3.8) is 0 Å². The number of benzene rings is 1. The van der Waals surface area contributed by atoms with Gasteiger partial charge in [0.2, 0.25) is 0 Å². The maximum absolute atomic E-state index is 13.4. The molecule has 0 radical (unpaired) electrons. The molecule has 21 heavy (non-hydrogen) atoms. The third-order valence-electron chi connectivity index (χ3n) is 3.08. The third kappa shape index (κ3) is 3.80. The minimum absolute atomic E-state index is 0.0535. The topological polar surface area (TPSA) is 64.2 Å². The molecule has 5 nitrogen and oxygen atoms in total. The van der Waals surface area contributed by atoms with E-state index in [2.05, 4.69) is 5.10 Å². The van der Waals surface area contributed by atoms with E-state index in [1.807, 2.05) is 11.9 Å². The second-order valence-electron chi connectivity index (χ2n) is 4.67. The van der Waals surface area contributed by atoms with Gasteiger partial charge in [0.1, 0.15) is 5.82 Å². The maximum atomic E-state index is 13.4. The summed E-state index contributed by atoms with van der Waals surface area (Å²) >= 11 is 5.63. The smallest absolute Gasteiger partial charge is 0.269 e. The Balaban J connectivity index is 2.21. The van der Waals surface area contributed by atoms with Crippen LogP contribution in [0.4, 0.5) is 10.1 Å². The van der Waals surface area contributed by atoms with E-state index in [9.17, 15) is 9.18 Å². The minimum Gasteiger partial charge on any atom is -0.372 e. The average molecular weight is 311 g/mol. The molecule has 2 N–H and O–H groups in total. The van der Waals surface area contributed by atoms with Gasteiger partial charge in [-0.25, -0.2) is 9.07 Å². The van der Waals surface area contributed by atoms with Crippen molar-refractivity contribution < 1.29 is 4.39 Å². The van der Waals surface area contributed by atoms with Crippen LogP contribution in [0.15, 0.2) is 35.3 Å². The van der Waals surface area contributed by atoms with Crippen LogP contribution < -0.4 is 16.2 Å². The highest BCUT2D eigenvalue weighted by atomic mass is 35.5. The SMILES string of the molecule is CN(CCN)c1cnn(Cc2ccc(Cl)c(F)c2)c(=O)c1. The molecule has 0 aliphatic rings. The van der Waals surface area contributed by atoms with Crippen LogP contribution in [0.2, 0.25) is 5.02 Å². The Morgan fingerprint density at radius 1 is 1.43 bits per heavy atom. The van der Waals surface area contributed by atoms with E-state index in [-0.39, 0.29) is 17.1 Å². The molecule has 0 amide bonds. The zero-order chi connectivity index (χ0) is 15.4. The average Bonchev–Trinajstić information content (AvgIpc) is 2.45. The highest BCUT2D eigenvalue weighted by Gasteiger charge is 2.06. The number of anilines is 1. The fraction of sp³-hybridized carbons (Fsp3) is 0.286. The second kappa shape index (κ2) is 6.69. The van der Waals surface area contributed by atoms with Crippen LogP contribution in [0.3, 0.4) is 0 Å². The fourth-order valence-corrected chi connectivity index (χ4v) is 2.00. The lowest BCUT2D eigenvalue weighted by molar-refractivity contribution is 0.610. The summed E-state index contributed by atoms with van der Waals surface area (Å²) in [5.41, 5.74) is 6.53. The van der Waals surface area contributed by atoms with Gasteiger partial charge in [0.05, 0.1) is 23.5 Å². The first-order valence-electron chi connectivity index (χ1n) is 6.43. The second-order valence-corrected chi connectivity index (χ2v) is 5.08. The van der Waals surface area contributed by atoms with Crippen molar-refractivity contribution >= 4 is 17.3 Å². The molecule has 0 fully saturated rings. The van der Waals surface area contributed by atoms with Crippen molar-refractivity contribution in [2.45, 2.75) is 6.54 Å². The van der Waals surface area contributed by atoms with Gasteiger partial charge in [-0.15, -0.1) is 0 Å². The Labute approximate surface area is 126 Å². The number of aromatic nitrogens is 2. The van der Waals surface area contributed by atoms with Crippen molar-refractivity contribution in [2.24, 2.45) is 5.73 Å². The van der Waals surface area contributed by atoms with E-state index in [4.69, 9.17) is 17.3 Å². The molecule has 2 rings (SSSR count). The monoisotopic (exact) mass is 310 g/mol. The fourth-order valence-electron chi connectivity index (χ4n) is 1.89. The molecule has 0 saturated heterocycles. The summed E-state index contributed by atoms with van der Waals surface area (Å²) in [7, 11) is 1.84. The van der Waals surface area contributed by atoms with Gasteiger partial charge in [0, 0.05) is 26.2 Å². The molecule has 112 valence electrons. The van der Waals surface area contributed by atoms with Gasteiger partial charge in [0.15, 0.2) is 0 Å². The van der Waals surface area contributed by atoms with E-state index in [0.717, 1.165) is 0 Å². The summed E-state index contributed by atoms with van der Waals surface area (Å²) in [6.07, 6.45) is 1.59. The largest absolute Gasteiger partial charge is 0.372 e. The van der Waals surface area contributed by atoms with Crippen molar-refractivity contribution in [3.8, 4) is 0 Å².